The van der Waals surface area contributed by atoms with Gasteiger partial charge in [-0.05, 0) is 25.0 Å². The molecule has 0 amide bonds. The van der Waals surface area contributed by atoms with Gasteiger partial charge in [-0.15, -0.1) is 0 Å². The number of benzene rings is 1. The topological polar surface area (TPSA) is 38.0 Å². The number of hydrogen-bond donors (Lipinski definition) is 1. The van der Waals surface area contributed by atoms with Crippen molar-refractivity contribution in [2.45, 2.75) is 19.0 Å². The molecule has 1 aromatic carbocycles. The Morgan fingerprint density at radius 1 is 1.29 bits per heavy atom. The number of aromatic nitrogens is 2. The van der Waals surface area contributed by atoms with Crippen LogP contribution in [0.5, 0.6) is 0 Å². The van der Waals surface area contributed by atoms with Crippen LogP contribution in [-0.2, 0) is 0 Å². The quantitative estimate of drug-likeness (QED) is 0.845. The zero-order chi connectivity index (χ0) is 12.3. The summed E-state index contributed by atoms with van der Waals surface area (Å²) in [4.78, 5) is 4.33. The molecule has 0 atom stereocenters. The lowest BCUT2D eigenvalue weighted by atomic mass is 10.1. The van der Waals surface area contributed by atoms with E-state index in [1.54, 1.807) is 18.0 Å². The molecule has 1 aromatic heterocycles. The Morgan fingerprint density at radius 2 is 2.00 bits per heavy atom. The van der Waals surface area contributed by atoms with Gasteiger partial charge in [-0.2, -0.15) is 0 Å². The summed E-state index contributed by atoms with van der Waals surface area (Å²) in [5, 5.41) is 9.81. The molecule has 90 valence electrons. The maximum Gasteiger partial charge on any atom is 0.172 e. The molecule has 0 bridgehead atoms. The van der Waals surface area contributed by atoms with Crippen molar-refractivity contribution in [2.75, 3.05) is 12.4 Å². The number of hydrogen-bond acceptors (Lipinski definition) is 3. The Bertz CT molecular complexity index is 488. The molecule has 1 N–H and O–H groups in total. The van der Waals surface area contributed by atoms with Crippen molar-refractivity contribution in [3.05, 3.63) is 41.7 Å². The van der Waals surface area contributed by atoms with Gasteiger partial charge in [0.05, 0.1) is 12.3 Å². The highest BCUT2D eigenvalue weighted by Crippen LogP contribution is 2.24. The first-order valence-corrected chi connectivity index (χ1v) is 6.56. The van der Waals surface area contributed by atoms with Crippen LogP contribution in [-0.4, -0.2) is 27.0 Å². The summed E-state index contributed by atoms with van der Waals surface area (Å²) < 4.78 is 2.09. The molecule has 4 heteroatoms. The average molecular weight is 248 g/mol. The van der Waals surface area contributed by atoms with Crippen molar-refractivity contribution in [1.29, 1.82) is 0 Å². The minimum atomic E-state index is 0.171. The molecule has 2 rings (SSSR count). The Kier molecular flexibility index (Phi) is 3.86. The number of aliphatic hydroxyl groups excluding tert-OH is 1. The first kappa shape index (κ1) is 12.2. The van der Waals surface area contributed by atoms with Crippen LogP contribution in [0.2, 0.25) is 0 Å². The molecular formula is C13H16N2OS. The van der Waals surface area contributed by atoms with Gasteiger partial charge >= 0.3 is 0 Å². The Labute approximate surface area is 106 Å². The molecule has 0 aliphatic rings. The lowest BCUT2D eigenvalue weighted by molar-refractivity contribution is 0.322. The summed E-state index contributed by atoms with van der Waals surface area (Å²) in [6.45, 7) is 4.37. The largest absolute Gasteiger partial charge is 0.396 e. The molecule has 0 saturated carbocycles. The normalized spacial score (nSPS) is 10.8. The van der Waals surface area contributed by atoms with Crippen LogP contribution < -0.4 is 0 Å². The lowest BCUT2D eigenvalue weighted by Crippen LogP contribution is -2.01. The smallest absolute Gasteiger partial charge is 0.172 e. The van der Waals surface area contributed by atoms with Crippen molar-refractivity contribution in [1.82, 2.24) is 9.55 Å². The van der Waals surface area contributed by atoms with Gasteiger partial charge < -0.3 is 5.11 Å². The monoisotopic (exact) mass is 248 g/mol. The van der Waals surface area contributed by atoms with E-state index >= 15 is 0 Å². The van der Waals surface area contributed by atoms with Crippen LogP contribution in [0.25, 0.3) is 5.69 Å². The molecule has 0 spiro atoms. The summed E-state index contributed by atoms with van der Waals surface area (Å²) >= 11 is 1.57. The van der Waals surface area contributed by atoms with Gasteiger partial charge in [0, 0.05) is 18.1 Å². The molecule has 0 aliphatic heterocycles. The number of imidazole rings is 1. The molecule has 0 aliphatic carbocycles. The van der Waals surface area contributed by atoms with Crippen molar-refractivity contribution >= 4 is 11.8 Å². The number of aryl methyl sites for hydroxylation is 2. The first-order valence-electron chi connectivity index (χ1n) is 5.57. The fraction of sp³-hybridized carbons (Fsp3) is 0.308. The second-order valence-corrected chi connectivity index (χ2v) is 4.95. The van der Waals surface area contributed by atoms with Crippen LogP contribution in [0.4, 0.5) is 0 Å². The van der Waals surface area contributed by atoms with Crippen molar-refractivity contribution < 1.29 is 5.11 Å². The lowest BCUT2D eigenvalue weighted by Gasteiger charge is -2.13. The Morgan fingerprint density at radius 3 is 2.65 bits per heavy atom. The van der Waals surface area contributed by atoms with Gasteiger partial charge in [0.25, 0.3) is 0 Å². The van der Waals surface area contributed by atoms with E-state index in [1.807, 2.05) is 6.20 Å². The molecule has 0 fully saturated rings. The number of rotatable bonds is 4. The van der Waals surface area contributed by atoms with E-state index in [4.69, 9.17) is 5.11 Å². The maximum atomic E-state index is 8.88. The first-order chi connectivity index (χ1) is 8.24. The third-order valence-corrected chi connectivity index (χ3v) is 3.56. The molecule has 17 heavy (non-hydrogen) atoms. The highest BCUT2D eigenvalue weighted by atomic mass is 32.2. The van der Waals surface area contributed by atoms with Gasteiger partial charge in [0.2, 0.25) is 0 Å². The summed E-state index contributed by atoms with van der Waals surface area (Å²) in [7, 11) is 0. The summed E-state index contributed by atoms with van der Waals surface area (Å²) in [5.41, 5.74) is 3.65. The Balaban J connectivity index is 2.43. The summed E-state index contributed by atoms with van der Waals surface area (Å²) in [5.74, 6) is 0.669. The van der Waals surface area contributed by atoms with Gasteiger partial charge in [-0.1, -0.05) is 30.0 Å². The standard InChI is InChI=1S/C13H16N2OS/c1-10-4-3-5-11(2)12(10)15-7-6-14-13(15)17-9-8-16/h3-7,16H,8-9H2,1-2H3. The van der Waals surface area contributed by atoms with E-state index in [0.29, 0.717) is 5.75 Å². The molecule has 0 radical (unpaired) electrons. The van der Waals surface area contributed by atoms with Crippen LogP contribution in [0.1, 0.15) is 11.1 Å². The average Bonchev–Trinajstić information content (AvgIpc) is 2.74. The maximum absolute atomic E-state index is 8.88. The van der Waals surface area contributed by atoms with Crippen molar-refractivity contribution in [3.63, 3.8) is 0 Å². The van der Waals surface area contributed by atoms with Crippen molar-refractivity contribution in [2.24, 2.45) is 0 Å². The fourth-order valence-corrected chi connectivity index (χ4v) is 2.59. The SMILES string of the molecule is Cc1cccc(C)c1-n1ccnc1SCCO. The highest BCUT2D eigenvalue weighted by molar-refractivity contribution is 7.99. The van der Waals surface area contributed by atoms with Gasteiger partial charge in [0.15, 0.2) is 5.16 Å². The minimum absolute atomic E-state index is 0.171. The molecule has 3 nitrogen and oxygen atoms in total. The molecule has 1 heterocycles. The second kappa shape index (κ2) is 5.38. The van der Waals surface area contributed by atoms with Crippen LogP contribution >= 0.6 is 11.8 Å². The minimum Gasteiger partial charge on any atom is -0.396 e. The van der Waals surface area contributed by atoms with Crippen LogP contribution in [0.3, 0.4) is 0 Å². The molecule has 0 unspecified atom stereocenters. The third-order valence-electron chi connectivity index (χ3n) is 2.61. The number of thioether (sulfide) groups is 1. The zero-order valence-corrected chi connectivity index (χ0v) is 10.9. The predicted octanol–water partition coefficient (Wildman–Crippen LogP) is 2.57. The van der Waals surface area contributed by atoms with E-state index < -0.39 is 0 Å². The van der Waals surface area contributed by atoms with E-state index in [9.17, 15) is 0 Å². The molecular weight excluding hydrogens is 232 g/mol. The van der Waals surface area contributed by atoms with E-state index in [-0.39, 0.29) is 6.61 Å². The van der Waals surface area contributed by atoms with E-state index in [2.05, 4.69) is 41.6 Å². The fourth-order valence-electron chi connectivity index (χ4n) is 1.89. The van der Waals surface area contributed by atoms with E-state index in [1.165, 1.54) is 16.8 Å². The van der Waals surface area contributed by atoms with Crippen LogP contribution in [0.15, 0.2) is 35.7 Å². The number of nitrogens with zero attached hydrogens (tertiary/aromatic N) is 2. The second-order valence-electron chi connectivity index (χ2n) is 3.89. The highest BCUT2D eigenvalue weighted by Gasteiger charge is 2.09. The number of aliphatic hydroxyl groups is 1. The van der Waals surface area contributed by atoms with Gasteiger partial charge in [-0.25, -0.2) is 4.98 Å². The van der Waals surface area contributed by atoms with Crippen molar-refractivity contribution in [3.8, 4) is 5.69 Å². The van der Waals surface area contributed by atoms with Crippen LogP contribution in [0, 0.1) is 13.8 Å². The molecule has 2 aromatic rings. The number of para-hydroxylation sites is 1. The third kappa shape index (κ3) is 2.53. The summed E-state index contributed by atoms with van der Waals surface area (Å²) in [6.07, 6.45) is 3.76. The molecule has 0 saturated heterocycles. The predicted molar refractivity (Wildman–Crippen MR) is 70.8 cm³/mol. The summed E-state index contributed by atoms with van der Waals surface area (Å²) in [6, 6.07) is 6.26. The van der Waals surface area contributed by atoms with Gasteiger partial charge in [0.1, 0.15) is 0 Å². The Hall–Kier alpha value is -1.26. The van der Waals surface area contributed by atoms with E-state index in [0.717, 1.165) is 5.16 Å². The van der Waals surface area contributed by atoms with Gasteiger partial charge in [-0.3, -0.25) is 4.57 Å². The zero-order valence-electron chi connectivity index (χ0n) is 10.1.